The van der Waals surface area contributed by atoms with Crippen LogP contribution in [0, 0.1) is 0 Å². The van der Waals surface area contributed by atoms with Crippen molar-refractivity contribution in [1.29, 1.82) is 0 Å². The number of nitrogens with one attached hydrogen (secondary N) is 1. The van der Waals surface area contributed by atoms with Gasteiger partial charge in [0, 0.05) is 22.9 Å². The Morgan fingerprint density at radius 1 is 1.37 bits per heavy atom. The van der Waals surface area contributed by atoms with Crippen molar-refractivity contribution in [2.45, 2.75) is 13.3 Å². The SMILES string of the molecule is CCCNC(=O)CS(=O)CC(=O)c1cc(Cl)sc1Cl. The van der Waals surface area contributed by atoms with Crippen LogP contribution in [0.1, 0.15) is 23.7 Å². The van der Waals surface area contributed by atoms with Gasteiger partial charge in [-0.2, -0.15) is 0 Å². The van der Waals surface area contributed by atoms with Crippen molar-refractivity contribution in [2.75, 3.05) is 18.1 Å². The molecule has 0 radical (unpaired) electrons. The van der Waals surface area contributed by atoms with E-state index in [4.69, 9.17) is 23.2 Å². The van der Waals surface area contributed by atoms with Gasteiger partial charge in [0.1, 0.15) is 10.1 Å². The lowest BCUT2D eigenvalue weighted by Crippen LogP contribution is -2.30. The smallest absolute Gasteiger partial charge is 0.232 e. The van der Waals surface area contributed by atoms with Crippen molar-refractivity contribution in [3.63, 3.8) is 0 Å². The normalized spacial score (nSPS) is 12.2. The summed E-state index contributed by atoms with van der Waals surface area (Å²) in [6.07, 6.45) is 0.806. The molecule has 1 heterocycles. The second-order valence-corrected chi connectivity index (χ2v) is 7.48. The molecule has 0 fully saturated rings. The van der Waals surface area contributed by atoms with Gasteiger partial charge in [-0.3, -0.25) is 13.8 Å². The maximum atomic E-state index is 11.8. The van der Waals surface area contributed by atoms with Gasteiger partial charge in [-0.1, -0.05) is 30.1 Å². The van der Waals surface area contributed by atoms with Gasteiger partial charge in [0.05, 0.1) is 10.1 Å². The number of hydrogen-bond donors (Lipinski definition) is 1. The van der Waals surface area contributed by atoms with Gasteiger partial charge in [0.25, 0.3) is 0 Å². The quantitative estimate of drug-likeness (QED) is 0.775. The second kappa shape index (κ2) is 7.99. The molecule has 0 bridgehead atoms. The number of ketones is 1. The van der Waals surface area contributed by atoms with E-state index in [2.05, 4.69) is 5.32 Å². The van der Waals surface area contributed by atoms with Crippen LogP contribution in [-0.2, 0) is 15.6 Å². The molecule has 1 atom stereocenters. The Morgan fingerprint density at radius 3 is 2.58 bits per heavy atom. The monoisotopic (exact) mass is 341 g/mol. The van der Waals surface area contributed by atoms with E-state index in [1.807, 2.05) is 6.92 Å². The first-order chi connectivity index (χ1) is 8.93. The summed E-state index contributed by atoms with van der Waals surface area (Å²) >= 11 is 12.6. The van der Waals surface area contributed by atoms with Gasteiger partial charge in [0.2, 0.25) is 5.91 Å². The largest absolute Gasteiger partial charge is 0.355 e. The molecule has 0 spiro atoms. The third-order valence-electron chi connectivity index (χ3n) is 2.11. The molecule has 106 valence electrons. The topological polar surface area (TPSA) is 63.2 Å². The Hall–Kier alpha value is -0.430. The van der Waals surface area contributed by atoms with E-state index in [1.165, 1.54) is 6.07 Å². The number of rotatable bonds is 7. The standard InChI is InChI=1S/C11H13Cl2NO3S2/c1-2-3-14-10(16)6-19(17)5-8(15)7-4-9(12)18-11(7)13/h4H,2-3,5-6H2,1H3,(H,14,16). The van der Waals surface area contributed by atoms with Crippen LogP contribution < -0.4 is 5.32 Å². The van der Waals surface area contributed by atoms with Gasteiger partial charge in [0.15, 0.2) is 5.78 Å². The summed E-state index contributed by atoms with van der Waals surface area (Å²) in [6, 6.07) is 1.45. The van der Waals surface area contributed by atoms with E-state index in [9.17, 15) is 13.8 Å². The summed E-state index contributed by atoms with van der Waals surface area (Å²) in [6.45, 7) is 2.46. The number of hydrogen-bond acceptors (Lipinski definition) is 4. The summed E-state index contributed by atoms with van der Waals surface area (Å²) in [4.78, 5) is 23.2. The molecule has 0 saturated heterocycles. The molecule has 0 aromatic carbocycles. The highest BCUT2D eigenvalue weighted by molar-refractivity contribution is 7.86. The minimum Gasteiger partial charge on any atom is -0.355 e. The molecule has 0 saturated carbocycles. The molecule has 1 rings (SSSR count). The molecule has 1 aromatic heterocycles. The molecule has 4 nitrogen and oxygen atoms in total. The lowest BCUT2D eigenvalue weighted by Gasteiger charge is -2.03. The van der Waals surface area contributed by atoms with E-state index in [0.29, 0.717) is 10.9 Å². The second-order valence-electron chi connectivity index (χ2n) is 3.74. The van der Waals surface area contributed by atoms with E-state index < -0.39 is 10.8 Å². The van der Waals surface area contributed by atoms with Gasteiger partial charge >= 0.3 is 0 Å². The van der Waals surface area contributed by atoms with Gasteiger partial charge in [-0.05, 0) is 12.5 Å². The molecule has 1 amide bonds. The van der Waals surface area contributed by atoms with Crippen LogP contribution in [0.3, 0.4) is 0 Å². The Kier molecular flexibility index (Phi) is 6.99. The fourth-order valence-electron chi connectivity index (χ4n) is 1.27. The van der Waals surface area contributed by atoms with E-state index >= 15 is 0 Å². The molecule has 8 heteroatoms. The highest BCUT2D eigenvalue weighted by Gasteiger charge is 2.18. The van der Waals surface area contributed by atoms with Crippen molar-refractivity contribution in [2.24, 2.45) is 0 Å². The molecule has 0 aliphatic heterocycles. The zero-order valence-corrected chi connectivity index (χ0v) is 13.3. The summed E-state index contributed by atoms with van der Waals surface area (Å²) < 4.78 is 12.4. The predicted molar refractivity (Wildman–Crippen MR) is 79.8 cm³/mol. The Labute approximate surface area is 127 Å². The average Bonchev–Trinajstić information content (AvgIpc) is 2.65. The van der Waals surface area contributed by atoms with Gasteiger partial charge < -0.3 is 5.32 Å². The average molecular weight is 342 g/mol. The Morgan fingerprint density at radius 2 is 2.05 bits per heavy atom. The fourth-order valence-corrected chi connectivity index (χ4v) is 3.71. The molecule has 0 aliphatic rings. The summed E-state index contributed by atoms with van der Waals surface area (Å²) in [7, 11) is -1.54. The molecule has 19 heavy (non-hydrogen) atoms. The van der Waals surface area contributed by atoms with Crippen LogP contribution in [0.4, 0.5) is 0 Å². The Bertz CT molecular complexity index is 502. The number of halogens is 2. The number of Topliss-reactive ketones (excluding diaryl/α,β-unsaturated/α-hetero) is 1. The summed E-state index contributed by atoms with van der Waals surface area (Å²) in [5.41, 5.74) is 0.263. The third-order valence-corrected chi connectivity index (χ3v) is 4.77. The minimum atomic E-state index is -1.54. The number of thiophene rings is 1. The van der Waals surface area contributed by atoms with Crippen molar-refractivity contribution in [3.05, 3.63) is 20.3 Å². The Balaban J connectivity index is 2.51. The highest BCUT2D eigenvalue weighted by atomic mass is 35.5. The number of carbonyl (C=O) groups is 2. The van der Waals surface area contributed by atoms with Gasteiger partial charge in [-0.15, -0.1) is 11.3 Å². The third kappa shape index (κ3) is 5.60. The lowest BCUT2D eigenvalue weighted by atomic mass is 10.2. The van der Waals surface area contributed by atoms with Crippen LogP contribution in [-0.4, -0.2) is 33.9 Å². The van der Waals surface area contributed by atoms with Crippen molar-refractivity contribution in [1.82, 2.24) is 5.32 Å². The molecular weight excluding hydrogens is 329 g/mol. The number of carbonyl (C=O) groups excluding carboxylic acids is 2. The van der Waals surface area contributed by atoms with Crippen LogP contribution in [0.5, 0.6) is 0 Å². The van der Waals surface area contributed by atoms with Crippen molar-refractivity contribution < 1.29 is 13.8 Å². The molecule has 0 aliphatic carbocycles. The first-order valence-corrected chi connectivity index (χ1v) is 8.59. The van der Waals surface area contributed by atoms with E-state index in [-0.39, 0.29) is 33.1 Å². The van der Waals surface area contributed by atoms with Crippen LogP contribution in [0.2, 0.25) is 8.67 Å². The lowest BCUT2D eigenvalue weighted by molar-refractivity contribution is -0.118. The maximum absolute atomic E-state index is 11.8. The van der Waals surface area contributed by atoms with Crippen molar-refractivity contribution in [3.8, 4) is 0 Å². The molecule has 1 N–H and O–H groups in total. The fraction of sp³-hybridized carbons (Fsp3) is 0.455. The highest BCUT2D eigenvalue weighted by Crippen LogP contribution is 2.31. The van der Waals surface area contributed by atoms with E-state index in [0.717, 1.165) is 17.8 Å². The molecular formula is C11H13Cl2NO3S2. The first kappa shape index (κ1) is 16.6. The number of amides is 1. The predicted octanol–water partition coefficient (Wildman–Crippen LogP) is 2.51. The summed E-state index contributed by atoms with van der Waals surface area (Å²) in [5.74, 6) is -1.09. The molecule has 1 aromatic rings. The van der Waals surface area contributed by atoms with Gasteiger partial charge in [-0.25, -0.2) is 0 Å². The first-order valence-electron chi connectivity index (χ1n) is 5.53. The van der Waals surface area contributed by atoms with Crippen LogP contribution in [0.25, 0.3) is 0 Å². The maximum Gasteiger partial charge on any atom is 0.232 e. The van der Waals surface area contributed by atoms with Crippen LogP contribution >= 0.6 is 34.5 Å². The molecule has 1 unspecified atom stereocenters. The van der Waals surface area contributed by atoms with Crippen LogP contribution in [0.15, 0.2) is 6.07 Å². The zero-order chi connectivity index (χ0) is 14.4. The zero-order valence-electron chi connectivity index (χ0n) is 10.2. The van der Waals surface area contributed by atoms with E-state index in [1.54, 1.807) is 0 Å². The summed E-state index contributed by atoms with van der Waals surface area (Å²) in [5, 5.41) is 2.60. The minimum absolute atomic E-state index is 0.179. The van der Waals surface area contributed by atoms with Crippen molar-refractivity contribution >= 4 is 57.0 Å².